The van der Waals surface area contributed by atoms with Gasteiger partial charge in [-0.05, 0) is 24.9 Å². The van der Waals surface area contributed by atoms with Gasteiger partial charge in [-0.15, -0.1) is 10.2 Å². The van der Waals surface area contributed by atoms with E-state index >= 15 is 0 Å². The first kappa shape index (κ1) is 11.6. The van der Waals surface area contributed by atoms with Crippen molar-refractivity contribution in [3.63, 3.8) is 0 Å². The Kier molecular flexibility index (Phi) is 3.43. The SMILES string of the molecule is CCOC(=O)c1n[nH]c(-c2snnc2CC)n1. The van der Waals surface area contributed by atoms with Crippen molar-refractivity contribution in [1.82, 2.24) is 24.8 Å². The van der Waals surface area contributed by atoms with Gasteiger partial charge in [-0.3, -0.25) is 5.10 Å². The van der Waals surface area contributed by atoms with Crippen LogP contribution >= 0.6 is 11.5 Å². The van der Waals surface area contributed by atoms with E-state index in [1.165, 1.54) is 11.5 Å². The zero-order valence-corrected chi connectivity index (χ0v) is 10.2. The van der Waals surface area contributed by atoms with Crippen molar-refractivity contribution >= 4 is 17.5 Å². The minimum Gasteiger partial charge on any atom is -0.460 e. The maximum Gasteiger partial charge on any atom is 0.378 e. The van der Waals surface area contributed by atoms with Gasteiger partial charge in [0.15, 0.2) is 5.82 Å². The molecule has 0 bridgehead atoms. The summed E-state index contributed by atoms with van der Waals surface area (Å²) in [7, 11) is 0. The van der Waals surface area contributed by atoms with Crippen LogP contribution in [0.15, 0.2) is 0 Å². The number of rotatable bonds is 4. The summed E-state index contributed by atoms with van der Waals surface area (Å²) in [6.45, 7) is 4.00. The van der Waals surface area contributed by atoms with Crippen LogP contribution < -0.4 is 0 Å². The Morgan fingerprint density at radius 1 is 1.47 bits per heavy atom. The summed E-state index contributed by atoms with van der Waals surface area (Å²) in [5, 5.41) is 10.5. The van der Waals surface area contributed by atoms with Crippen LogP contribution in [-0.4, -0.2) is 37.3 Å². The Balaban J connectivity index is 2.27. The number of carbonyl (C=O) groups excluding carboxylic acids is 1. The zero-order valence-electron chi connectivity index (χ0n) is 9.43. The topological polar surface area (TPSA) is 93.7 Å². The predicted octanol–water partition coefficient (Wildman–Crippen LogP) is 1.06. The van der Waals surface area contributed by atoms with Crippen molar-refractivity contribution in [3.05, 3.63) is 11.5 Å². The van der Waals surface area contributed by atoms with Gasteiger partial charge in [-0.25, -0.2) is 9.78 Å². The molecule has 0 aliphatic carbocycles. The Morgan fingerprint density at radius 2 is 2.29 bits per heavy atom. The van der Waals surface area contributed by atoms with E-state index in [9.17, 15) is 4.79 Å². The van der Waals surface area contributed by atoms with Crippen molar-refractivity contribution in [1.29, 1.82) is 0 Å². The van der Waals surface area contributed by atoms with Crippen LogP contribution in [-0.2, 0) is 11.2 Å². The van der Waals surface area contributed by atoms with Crippen molar-refractivity contribution in [2.75, 3.05) is 6.61 Å². The molecule has 0 aromatic carbocycles. The first-order valence-corrected chi connectivity index (χ1v) is 5.94. The molecule has 2 aromatic heterocycles. The quantitative estimate of drug-likeness (QED) is 0.819. The predicted molar refractivity (Wildman–Crippen MR) is 60.6 cm³/mol. The highest BCUT2D eigenvalue weighted by molar-refractivity contribution is 7.09. The second kappa shape index (κ2) is 5.00. The lowest BCUT2D eigenvalue weighted by molar-refractivity contribution is 0.0512. The Labute approximate surface area is 101 Å². The van der Waals surface area contributed by atoms with Crippen LogP contribution in [0.5, 0.6) is 0 Å². The first-order chi connectivity index (χ1) is 8.26. The molecule has 2 aromatic rings. The van der Waals surface area contributed by atoms with Crippen molar-refractivity contribution in [2.24, 2.45) is 0 Å². The monoisotopic (exact) mass is 253 g/mol. The van der Waals surface area contributed by atoms with Crippen LogP contribution in [0.4, 0.5) is 0 Å². The van der Waals surface area contributed by atoms with E-state index in [2.05, 4.69) is 24.8 Å². The van der Waals surface area contributed by atoms with Gasteiger partial charge in [-0.2, -0.15) is 0 Å². The lowest BCUT2D eigenvalue weighted by atomic mass is 10.3. The van der Waals surface area contributed by atoms with E-state index in [1.54, 1.807) is 6.92 Å². The van der Waals surface area contributed by atoms with Crippen molar-refractivity contribution in [3.8, 4) is 10.7 Å². The number of nitrogens with one attached hydrogen (secondary N) is 1. The summed E-state index contributed by atoms with van der Waals surface area (Å²) >= 11 is 1.22. The largest absolute Gasteiger partial charge is 0.460 e. The van der Waals surface area contributed by atoms with Crippen molar-refractivity contribution < 1.29 is 9.53 Å². The second-order valence-electron chi connectivity index (χ2n) is 3.13. The number of aryl methyl sites for hydroxylation is 1. The van der Waals surface area contributed by atoms with E-state index in [1.807, 2.05) is 6.92 Å². The van der Waals surface area contributed by atoms with Crippen LogP contribution in [0, 0.1) is 0 Å². The summed E-state index contributed by atoms with van der Waals surface area (Å²) in [6.07, 6.45) is 0.751. The average molecular weight is 253 g/mol. The molecule has 1 N–H and O–H groups in total. The number of carbonyl (C=O) groups is 1. The lowest BCUT2D eigenvalue weighted by Gasteiger charge is -1.94. The number of H-pyrrole nitrogens is 1. The van der Waals surface area contributed by atoms with Crippen molar-refractivity contribution in [2.45, 2.75) is 20.3 Å². The van der Waals surface area contributed by atoms with Gasteiger partial charge in [0.2, 0.25) is 0 Å². The summed E-state index contributed by atoms with van der Waals surface area (Å²) < 4.78 is 8.65. The molecule has 0 radical (unpaired) electrons. The molecule has 2 rings (SSSR count). The van der Waals surface area contributed by atoms with Gasteiger partial charge in [0.1, 0.15) is 4.88 Å². The second-order valence-corrected chi connectivity index (χ2v) is 3.88. The highest BCUT2D eigenvalue weighted by Gasteiger charge is 2.17. The Morgan fingerprint density at radius 3 is 3.00 bits per heavy atom. The first-order valence-electron chi connectivity index (χ1n) is 5.17. The maximum absolute atomic E-state index is 11.4. The van der Waals surface area contributed by atoms with Gasteiger partial charge in [0, 0.05) is 0 Å². The van der Waals surface area contributed by atoms with E-state index in [0.717, 1.165) is 17.0 Å². The molecule has 0 saturated carbocycles. The highest BCUT2D eigenvalue weighted by atomic mass is 32.1. The van der Waals surface area contributed by atoms with Gasteiger partial charge in [-0.1, -0.05) is 11.4 Å². The number of nitrogens with zero attached hydrogens (tertiary/aromatic N) is 4. The molecule has 0 aliphatic rings. The third-order valence-electron chi connectivity index (χ3n) is 2.05. The summed E-state index contributed by atoms with van der Waals surface area (Å²) in [6, 6.07) is 0. The number of ether oxygens (including phenoxy) is 1. The molecule has 0 amide bonds. The van der Waals surface area contributed by atoms with E-state index < -0.39 is 5.97 Å². The third kappa shape index (κ3) is 2.31. The molecule has 0 saturated heterocycles. The normalized spacial score (nSPS) is 10.5. The minimum atomic E-state index is -0.537. The zero-order chi connectivity index (χ0) is 12.3. The molecular formula is C9H11N5O2S. The average Bonchev–Trinajstić information content (AvgIpc) is 2.97. The molecule has 0 spiro atoms. The molecule has 0 unspecified atom stereocenters. The third-order valence-corrected chi connectivity index (χ3v) is 2.82. The van der Waals surface area contributed by atoms with Crippen LogP contribution in [0.25, 0.3) is 10.7 Å². The maximum atomic E-state index is 11.4. The summed E-state index contributed by atoms with van der Waals surface area (Å²) in [5.74, 6) is -0.0114. The Bertz CT molecular complexity index is 521. The molecule has 90 valence electrons. The van der Waals surface area contributed by atoms with Gasteiger partial charge < -0.3 is 4.74 Å². The molecule has 8 heteroatoms. The number of esters is 1. The van der Waals surface area contributed by atoms with E-state index in [0.29, 0.717) is 12.4 Å². The van der Waals surface area contributed by atoms with Gasteiger partial charge in [0.05, 0.1) is 12.3 Å². The molecule has 0 fully saturated rings. The number of hydrogen-bond acceptors (Lipinski definition) is 7. The fourth-order valence-electron chi connectivity index (χ4n) is 1.27. The standard InChI is InChI=1S/C9H11N5O2S/c1-3-5-6(17-14-11-5)7-10-8(13-12-7)9(15)16-4-2/h3-4H2,1-2H3,(H,10,12,13). The summed E-state index contributed by atoms with van der Waals surface area (Å²) in [5.41, 5.74) is 0.835. The van der Waals surface area contributed by atoms with Gasteiger partial charge >= 0.3 is 5.97 Å². The van der Waals surface area contributed by atoms with Crippen LogP contribution in [0.3, 0.4) is 0 Å². The van der Waals surface area contributed by atoms with E-state index in [-0.39, 0.29) is 5.82 Å². The highest BCUT2D eigenvalue weighted by Crippen LogP contribution is 2.22. The smallest absolute Gasteiger partial charge is 0.378 e. The molecule has 0 aliphatic heterocycles. The van der Waals surface area contributed by atoms with Gasteiger partial charge in [0.25, 0.3) is 5.82 Å². The summed E-state index contributed by atoms with van der Waals surface area (Å²) in [4.78, 5) is 16.3. The fraction of sp³-hybridized carbons (Fsp3) is 0.444. The van der Waals surface area contributed by atoms with E-state index in [4.69, 9.17) is 4.74 Å². The molecule has 17 heavy (non-hydrogen) atoms. The minimum absolute atomic E-state index is 0.0253. The van der Waals surface area contributed by atoms with Crippen LogP contribution in [0.2, 0.25) is 0 Å². The van der Waals surface area contributed by atoms with Crippen LogP contribution in [0.1, 0.15) is 30.2 Å². The fourth-order valence-corrected chi connectivity index (χ4v) is 1.96. The Hall–Kier alpha value is -1.83. The number of hydrogen-bond donors (Lipinski definition) is 1. The molecule has 2 heterocycles. The lowest BCUT2D eigenvalue weighted by Crippen LogP contribution is -2.06. The molecular weight excluding hydrogens is 242 g/mol. The molecule has 7 nitrogen and oxygen atoms in total. The number of aromatic amines is 1. The number of aromatic nitrogens is 5. The molecule has 0 atom stereocenters.